The van der Waals surface area contributed by atoms with Crippen LogP contribution in [0.25, 0.3) is 0 Å². The molecular formula is C18H20N4O3S. The van der Waals surface area contributed by atoms with Crippen molar-refractivity contribution in [1.29, 1.82) is 0 Å². The zero-order chi connectivity index (χ0) is 18.4. The Kier molecular flexibility index (Phi) is 6.08. The minimum absolute atomic E-state index is 0.0244. The summed E-state index contributed by atoms with van der Waals surface area (Å²) in [5, 5.41) is 16.7. The molecule has 26 heavy (non-hydrogen) atoms. The first kappa shape index (κ1) is 18.2. The van der Waals surface area contributed by atoms with Gasteiger partial charge in [-0.25, -0.2) is 5.43 Å². The van der Waals surface area contributed by atoms with Crippen LogP contribution >= 0.6 is 11.3 Å². The molecule has 1 N–H and O–H groups in total. The molecular weight excluding hydrogens is 352 g/mol. The Morgan fingerprint density at radius 2 is 2.04 bits per heavy atom. The molecule has 0 radical (unpaired) electrons. The number of nitrogens with one attached hydrogen (secondary N) is 1. The number of hydrazone groups is 1. The van der Waals surface area contributed by atoms with E-state index in [1.165, 1.54) is 12.1 Å². The van der Waals surface area contributed by atoms with Crippen molar-refractivity contribution in [2.75, 3.05) is 13.1 Å². The Bertz CT molecular complexity index is 766. The van der Waals surface area contributed by atoms with Gasteiger partial charge in [0.25, 0.3) is 5.69 Å². The van der Waals surface area contributed by atoms with Crippen molar-refractivity contribution in [2.45, 2.75) is 19.4 Å². The van der Waals surface area contributed by atoms with E-state index in [1.54, 1.807) is 29.7 Å². The van der Waals surface area contributed by atoms with Gasteiger partial charge in [0.15, 0.2) is 0 Å². The molecule has 136 valence electrons. The Morgan fingerprint density at radius 3 is 2.65 bits per heavy atom. The first-order valence-electron chi connectivity index (χ1n) is 8.44. The lowest BCUT2D eigenvalue weighted by Gasteiger charge is -2.30. The van der Waals surface area contributed by atoms with Crippen LogP contribution in [-0.2, 0) is 11.3 Å². The molecule has 1 aromatic heterocycles. The molecule has 3 rings (SSSR count). The number of piperidine rings is 1. The first-order chi connectivity index (χ1) is 12.6. The summed E-state index contributed by atoms with van der Waals surface area (Å²) < 4.78 is 0. The van der Waals surface area contributed by atoms with Gasteiger partial charge < -0.3 is 0 Å². The lowest BCUT2D eigenvalue weighted by molar-refractivity contribution is -0.384. The number of carbonyl (C=O) groups is 1. The van der Waals surface area contributed by atoms with Gasteiger partial charge in [-0.15, -0.1) is 11.3 Å². The Morgan fingerprint density at radius 1 is 1.31 bits per heavy atom. The fourth-order valence-corrected chi connectivity index (χ4v) is 3.54. The maximum Gasteiger partial charge on any atom is 0.269 e. The quantitative estimate of drug-likeness (QED) is 0.480. The molecule has 0 bridgehead atoms. The molecule has 0 saturated carbocycles. The van der Waals surface area contributed by atoms with Crippen LogP contribution in [0.15, 0.2) is 46.9 Å². The number of hydrogen-bond acceptors (Lipinski definition) is 6. The Labute approximate surface area is 155 Å². The van der Waals surface area contributed by atoms with Crippen molar-refractivity contribution in [1.82, 2.24) is 10.3 Å². The predicted molar refractivity (Wildman–Crippen MR) is 101 cm³/mol. The van der Waals surface area contributed by atoms with Gasteiger partial charge in [-0.1, -0.05) is 18.2 Å². The van der Waals surface area contributed by atoms with Crippen LogP contribution in [0.3, 0.4) is 0 Å². The van der Waals surface area contributed by atoms with Crippen LogP contribution in [0.5, 0.6) is 0 Å². The van der Waals surface area contributed by atoms with Gasteiger partial charge in [0.2, 0.25) is 5.91 Å². The number of amides is 1. The topological polar surface area (TPSA) is 87.8 Å². The second kappa shape index (κ2) is 8.68. The summed E-state index contributed by atoms with van der Waals surface area (Å²) in [6.45, 7) is 2.39. The summed E-state index contributed by atoms with van der Waals surface area (Å²) >= 11 is 1.57. The molecule has 1 aromatic carbocycles. The van der Waals surface area contributed by atoms with E-state index >= 15 is 0 Å². The first-order valence-corrected chi connectivity index (χ1v) is 9.32. The smallest absolute Gasteiger partial charge is 0.269 e. The minimum atomic E-state index is -0.394. The standard InChI is InChI=1S/C18H20N4O3S/c23-18(20-19-12-17-2-1-11-26-17)15-7-9-21(10-8-15)13-14-3-5-16(6-4-14)22(24)25/h1-6,11-12,15H,7-10,13H2,(H,20,23)/b19-12+. The summed E-state index contributed by atoms with van der Waals surface area (Å²) in [6.07, 6.45) is 3.23. The van der Waals surface area contributed by atoms with E-state index in [-0.39, 0.29) is 17.5 Å². The van der Waals surface area contributed by atoms with Crippen molar-refractivity contribution in [3.05, 3.63) is 62.3 Å². The van der Waals surface area contributed by atoms with Gasteiger partial charge >= 0.3 is 0 Å². The normalized spacial score (nSPS) is 16.0. The summed E-state index contributed by atoms with van der Waals surface area (Å²) in [6, 6.07) is 10.5. The van der Waals surface area contributed by atoms with Crippen molar-refractivity contribution in [3.63, 3.8) is 0 Å². The van der Waals surface area contributed by atoms with Crippen molar-refractivity contribution >= 4 is 29.1 Å². The number of hydrogen-bond donors (Lipinski definition) is 1. The number of rotatable bonds is 6. The van der Waals surface area contributed by atoms with E-state index in [1.807, 2.05) is 17.5 Å². The highest BCUT2D eigenvalue weighted by Crippen LogP contribution is 2.20. The van der Waals surface area contributed by atoms with E-state index in [0.29, 0.717) is 0 Å². The fourth-order valence-electron chi connectivity index (χ4n) is 2.95. The number of nitrogens with zero attached hydrogens (tertiary/aromatic N) is 3. The predicted octanol–water partition coefficient (Wildman–Crippen LogP) is 3.02. The maximum atomic E-state index is 12.2. The third kappa shape index (κ3) is 4.96. The highest BCUT2D eigenvalue weighted by molar-refractivity contribution is 7.11. The monoisotopic (exact) mass is 372 g/mol. The molecule has 1 saturated heterocycles. The highest BCUT2D eigenvalue weighted by Gasteiger charge is 2.24. The Balaban J connectivity index is 1.43. The summed E-state index contributed by atoms with van der Waals surface area (Å²) in [7, 11) is 0. The molecule has 0 atom stereocenters. The van der Waals surface area contributed by atoms with Crippen LogP contribution in [-0.4, -0.2) is 35.0 Å². The summed E-state index contributed by atoms with van der Waals surface area (Å²) in [5.74, 6) is -0.0589. The van der Waals surface area contributed by atoms with E-state index in [0.717, 1.165) is 42.9 Å². The summed E-state index contributed by atoms with van der Waals surface area (Å²) in [5.41, 5.74) is 3.77. The van der Waals surface area contributed by atoms with E-state index in [2.05, 4.69) is 15.4 Å². The van der Waals surface area contributed by atoms with Crippen molar-refractivity contribution in [2.24, 2.45) is 11.0 Å². The molecule has 1 fully saturated rings. The number of likely N-dealkylation sites (tertiary alicyclic amines) is 1. The lowest BCUT2D eigenvalue weighted by atomic mass is 9.96. The third-order valence-corrected chi connectivity index (χ3v) is 5.23. The highest BCUT2D eigenvalue weighted by atomic mass is 32.1. The molecule has 1 aliphatic heterocycles. The Hall–Kier alpha value is -2.58. The van der Waals surface area contributed by atoms with Gasteiger partial charge in [-0.05, 0) is 42.9 Å². The van der Waals surface area contributed by atoms with Gasteiger partial charge in [0.1, 0.15) is 0 Å². The van der Waals surface area contributed by atoms with Gasteiger partial charge in [0.05, 0.1) is 11.1 Å². The molecule has 1 aliphatic rings. The van der Waals surface area contributed by atoms with E-state index in [9.17, 15) is 14.9 Å². The van der Waals surface area contributed by atoms with Crippen LogP contribution in [0.1, 0.15) is 23.3 Å². The van der Waals surface area contributed by atoms with Gasteiger partial charge in [-0.2, -0.15) is 5.10 Å². The number of non-ortho nitro benzene ring substituents is 1. The number of carbonyl (C=O) groups excluding carboxylic acids is 1. The average Bonchev–Trinajstić information content (AvgIpc) is 3.16. The molecule has 2 heterocycles. The summed E-state index contributed by atoms with van der Waals surface area (Å²) in [4.78, 5) is 25.8. The fraction of sp³-hybridized carbons (Fsp3) is 0.333. The largest absolute Gasteiger partial charge is 0.299 e. The second-order valence-corrected chi connectivity index (χ2v) is 7.20. The zero-order valence-electron chi connectivity index (χ0n) is 14.2. The van der Waals surface area contributed by atoms with Crippen LogP contribution in [0, 0.1) is 16.0 Å². The molecule has 2 aromatic rings. The second-order valence-electron chi connectivity index (χ2n) is 6.22. The lowest BCUT2D eigenvalue weighted by Crippen LogP contribution is -2.39. The maximum absolute atomic E-state index is 12.2. The van der Waals surface area contributed by atoms with Crippen LogP contribution < -0.4 is 5.43 Å². The van der Waals surface area contributed by atoms with Crippen molar-refractivity contribution in [3.8, 4) is 0 Å². The molecule has 0 unspecified atom stereocenters. The number of nitro groups is 1. The van der Waals surface area contributed by atoms with Gasteiger partial charge in [-0.3, -0.25) is 19.8 Å². The third-order valence-electron chi connectivity index (χ3n) is 4.42. The van der Waals surface area contributed by atoms with Crippen LogP contribution in [0.4, 0.5) is 5.69 Å². The molecule has 0 aliphatic carbocycles. The van der Waals surface area contributed by atoms with E-state index in [4.69, 9.17) is 0 Å². The molecule has 1 amide bonds. The minimum Gasteiger partial charge on any atom is -0.299 e. The van der Waals surface area contributed by atoms with Gasteiger partial charge in [0, 0.05) is 29.5 Å². The molecule has 7 nitrogen and oxygen atoms in total. The van der Waals surface area contributed by atoms with Crippen LogP contribution in [0.2, 0.25) is 0 Å². The molecule has 8 heteroatoms. The number of nitro benzene ring substituents is 1. The van der Waals surface area contributed by atoms with E-state index < -0.39 is 4.92 Å². The molecule has 0 spiro atoms. The number of thiophene rings is 1. The van der Waals surface area contributed by atoms with Crippen molar-refractivity contribution < 1.29 is 9.72 Å². The zero-order valence-corrected chi connectivity index (χ0v) is 15.0. The number of benzene rings is 1. The average molecular weight is 372 g/mol. The SMILES string of the molecule is O=C(N/N=C/c1cccs1)C1CCN(Cc2ccc([N+](=O)[O-])cc2)CC1.